The van der Waals surface area contributed by atoms with E-state index in [1.54, 1.807) is 32.4 Å². The summed E-state index contributed by atoms with van der Waals surface area (Å²) in [5.41, 5.74) is 5.63. The number of hydrogen-bond acceptors (Lipinski definition) is 6. The number of phenolic OH excluding ortho intramolecular Hbond substituents is 1. The van der Waals surface area contributed by atoms with Gasteiger partial charge in [-0.3, -0.25) is 4.90 Å². The lowest BCUT2D eigenvalue weighted by Gasteiger charge is -2.32. The van der Waals surface area contributed by atoms with Gasteiger partial charge in [-0.1, -0.05) is 18.6 Å². The van der Waals surface area contributed by atoms with Crippen LogP contribution in [0.4, 0.5) is 10.1 Å². The highest BCUT2D eigenvalue weighted by atomic mass is 19.1. The van der Waals surface area contributed by atoms with Crippen LogP contribution in [0, 0.1) is 5.82 Å². The predicted octanol–water partition coefficient (Wildman–Crippen LogP) is 6.71. The Balaban J connectivity index is 1.35. The molecule has 1 aliphatic heterocycles. The Morgan fingerprint density at radius 3 is 2.44 bits per heavy atom. The van der Waals surface area contributed by atoms with Gasteiger partial charge in [-0.25, -0.2) is 4.39 Å². The van der Waals surface area contributed by atoms with E-state index in [1.165, 1.54) is 36.0 Å². The Labute approximate surface area is 243 Å². The molecule has 1 N–H and O–H groups in total. The van der Waals surface area contributed by atoms with Crippen molar-refractivity contribution in [2.45, 2.75) is 57.9 Å². The SMILES string of the molecule is CCN(Cc1ccc(OCCN2CCCCC2)c(F)c1)c1cc(OC)c(OC)cc1[C@@H]1CCc2cc(O)ccc2C1. The molecule has 0 aromatic heterocycles. The quantitative estimate of drug-likeness (QED) is 0.280. The monoisotopic (exact) mass is 562 g/mol. The Bertz CT molecular complexity index is 1320. The van der Waals surface area contributed by atoms with E-state index < -0.39 is 0 Å². The number of anilines is 1. The van der Waals surface area contributed by atoms with Crippen molar-refractivity contribution in [2.75, 3.05) is 51.9 Å². The highest BCUT2D eigenvalue weighted by molar-refractivity contribution is 5.64. The first-order valence-corrected chi connectivity index (χ1v) is 14.9. The van der Waals surface area contributed by atoms with Crippen LogP contribution in [0.5, 0.6) is 23.0 Å². The predicted molar refractivity (Wildman–Crippen MR) is 161 cm³/mol. The smallest absolute Gasteiger partial charge is 0.165 e. The fourth-order valence-electron chi connectivity index (χ4n) is 6.31. The summed E-state index contributed by atoms with van der Waals surface area (Å²) < 4.78 is 32.3. The summed E-state index contributed by atoms with van der Waals surface area (Å²) in [7, 11) is 3.32. The first-order chi connectivity index (χ1) is 20.0. The maximum absolute atomic E-state index is 15.1. The number of piperidine rings is 1. The van der Waals surface area contributed by atoms with E-state index in [-0.39, 0.29) is 11.7 Å². The molecule has 1 aliphatic carbocycles. The zero-order valence-corrected chi connectivity index (χ0v) is 24.6. The van der Waals surface area contributed by atoms with Crippen LogP contribution in [0.15, 0.2) is 48.5 Å². The van der Waals surface area contributed by atoms with Crippen molar-refractivity contribution >= 4 is 5.69 Å². The zero-order chi connectivity index (χ0) is 28.8. The molecule has 2 aliphatic rings. The molecule has 1 saturated heterocycles. The highest BCUT2D eigenvalue weighted by Crippen LogP contribution is 2.43. The first kappa shape index (κ1) is 29.1. The first-order valence-electron chi connectivity index (χ1n) is 14.9. The summed E-state index contributed by atoms with van der Waals surface area (Å²) in [5, 5.41) is 9.95. The molecule has 3 aromatic carbocycles. The molecule has 0 radical (unpaired) electrons. The number of ether oxygens (including phenoxy) is 3. The van der Waals surface area contributed by atoms with Crippen molar-refractivity contribution in [1.29, 1.82) is 0 Å². The van der Waals surface area contributed by atoms with E-state index in [0.717, 1.165) is 56.7 Å². The van der Waals surface area contributed by atoms with Gasteiger partial charge in [-0.15, -0.1) is 0 Å². The summed E-state index contributed by atoms with van der Waals surface area (Å²) in [5.74, 6) is 1.97. The van der Waals surface area contributed by atoms with Gasteiger partial charge in [0.1, 0.15) is 12.4 Å². The number of benzene rings is 3. The topological polar surface area (TPSA) is 54.4 Å². The van der Waals surface area contributed by atoms with Crippen LogP contribution in [0.3, 0.4) is 0 Å². The maximum atomic E-state index is 15.1. The lowest BCUT2D eigenvalue weighted by molar-refractivity contribution is 0.180. The van der Waals surface area contributed by atoms with Gasteiger partial charge in [-0.2, -0.15) is 0 Å². The maximum Gasteiger partial charge on any atom is 0.165 e. The van der Waals surface area contributed by atoms with E-state index in [9.17, 15) is 5.11 Å². The molecule has 0 spiro atoms. The van der Waals surface area contributed by atoms with Crippen LogP contribution < -0.4 is 19.1 Å². The number of aryl methyl sites for hydroxylation is 1. The number of aromatic hydroxyl groups is 1. The summed E-state index contributed by atoms with van der Waals surface area (Å²) in [4.78, 5) is 4.67. The zero-order valence-electron chi connectivity index (χ0n) is 24.6. The molecule has 0 amide bonds. The molecular weight excluding hydrogens is 519 g/mol. The standard InChI is InChI=1S/C34H43FN2O4/c1-4-37(23-24-8-13-32(30(35)18-24)41-17-16-36-14-6-5-7-15-36)31-22-34(40-3)33(39-2)21-29(31)27-10-9-26-20-28(38)12-11-25(26)19-27/h8,11-13,18,20-22,27,38H,4-7,9-10,14-17,19,23H2,1-3H3/t27-/m1/s1. The molecule has 0 bridgehead atoms. The van der Waals surface area contributed by atoms with Crippen molar-refractivity contribution in [2.24, 2.45) is 0 Å². The second kappa shape index (κ2) is 13.5. The van der Waals surface area contributed by atoms with Crippen molar-refractivity contribution in [3.05, 3.63) is 76.6 Å². The Hall–Kier alpha value is -3.45. The third kappa shape index (κ3) is 6.89. The lowest BCUT2D eigenvalue weighted by Crippen LogP contribution is -2.33. The molecule has 220 valence electrons. The van der Waals surface area contributed by atoms with Crippen molar-refractivity contribution < 1.29 is 23.7 Å². The number of methoxy groups -OCH3 is 2. The van der Waals surface area contributed by atoms with E-state index in [4.69, 9.17) is 14.2 Å². The number of phenols is 1. The molecule has 3 aromatic rings. The van der Waals surface area contributed by atoms with Gasteiger partial charge in [0.2, 0.25) is 0 Å². The molecule has 6 nitrogen and oxygen atoms in total. The number of hydrogen-bond donors (Lipinski definition) is 1. The number of likely N-dealkylation sites (tertiary alicyclic amines) is 1. The number of halogens is 1. The lowest BCUT2D eigenvalue weighted by atomic mass is 9.79. The molecular formula is C34H43FN2O4. The fraction of sp³-hybridized carbons (Fsp3) is 0.471. The van der Waals surface area contributed by atoms with Gasteiger partial charge in [0, 0.05) is 31.4 Å². The van der Waals surface area contributed by atoms with Gasteiger partial charge in [0.25, 0.3) is 0 Å². The molecule has 41 heavy (non-hydrogen) atoms. The largest absolute Gasteiger partial charge is 0.508 e. The Morgan fingerprint density at radius 1 is 0.927 bits per heavy atom. The number of fused-ring (bicyclic) bond motifs is 1. The van der Waals surface area contributed by atoms with Gasteiger partial charge < -0.3 is 24.2 Å². The molecule has 1 fully saturated rings. The molecule has 0 saturated carbocycles. The van der Waals surface area contributed by atoms with Crippen LogP contribution >= 0.6 is 0 Å². The van der Waals surface area contributed by atoms with Gasteiger partial charge in [0.15, 0.2) is 23.1 Å². The van der Waals surface area contributed by atoms with Gasteiger partial charge in [0.05, 0.1) is 14.2 Å². The molecule has 7 heteroatoms. The van der Waals surface area contributed by atoms with Gasteiger partial charge in [-0.05, 0) is 111 Å². The van der Waals surface area contributed by atoms with Crippen molar-refractivity contribution in [3.63, 3.8) is 0 Å². The Morgan fingerprint density at radius 2 is 1.71 bits per heavy atom. The minimum Gasteiger partial charge on any atom is -0.508 e. The summed E-state index contributed by atoms with van der Waals surface area (Å²) in [6, 6.07) is 15.2. The minimum atomic E-state index is -0.322. The average Bonchev–Trinajstić information content (AvgIpc) is 3.00. The number of rotatable bonds is 11. The fourth-order valence-corrected chi connectivity index (χ4v) is 6.31. The van der Waals surface area contributed by atoms with Crippen LogP contribution in [0.2, 0.25) is 0 Å². The second-order valence-corrected chi connectivity index (χ2v) is 11.2. The van der Waals surface area contributed by atoms with Crippen LogP contribution in [0.25, 0.3) is 0 Å². The average molecular weight is 563 g/mol. The third-order valence-corrected chi connectivity index (χ3v) is 8.60. The van der Waals surface area contributed by atoms with E-state index in [0.29, 0.717) is 36.1 Å². The van der Waals surface area contributed by atoms with Crippen LogP contribution in [0.1, 0.15) is 60.8 Å². The summed E-state index contributed by atoms with van der Waals surface area (Å²) in [6.07, 6.45) is 6.52. The molecule has 1 atom stereocenters. The minimum absolute atomic E-state index is 0.281. The van der Waals surface area contributed by atoms with E-state index >= 15 is 4.39 Å². The third-order valence-electron chi connectivity index (χ3n) is 8.60. The molecule has 1 heterocycles. The Kier molecular flexibility index (Phi) is 9.55. The number of nitrogens with zero attached hydrogens (tertiary/aromatic N) is 2. The van der Waals surface area contributed by atoms with Crippen LogP contribution in [-0.4, -0.2) is 57.0 Å². The summed E-state index contributed by atoms with van der Waals surface area (Å²) >= 11 is 0. The van der Waals surface area contributed by atoms with Crippen LogP contribution in [-0.2, 0) is 19.4 Å². The van der Waals surface area contributed by atoms with E-state index in [1.807, 2.05) is 18.2 Å². The van der Waals surface area contributed by atoms with Gasteiger partial charge >= 0.3 is 0 Å². The highest BCUT2D eigenvalue weighted by Gasteiger charge is 2.26. The van der Waals surface area contributed by atoms with Crippen molar-refractivity contribution in [1.82, 2.24) is 4.90 Å². The molecule has 5 rings (SSSR count). The van der Waals surface area contributed by atoms with E-state index in [2.05, 4.69) is 28.9 Å². The second-order valence-electron chi connectivity index (χ2n) is 11.2. The normalized spacial score (nSPS) is 17.1. The summed E-state index contributed by atoms with van der Waals surface area (Å²) in [6.45, 7) is 6.96. The van der Waals surface area contributed by atoms with Crippen molar-refractivity contribution in [3.8, 4) is 23.0 Å². The molecule has 0 unspecified atom stereocenters.